The fraction of sp³-hybridized carbons (Fsp3) is 0.909. The molecule has 0 radical (unpaired) electrons. The lowest BCUT2D eigenvalue weighted by molar-refractivity contribution is -0.675. The molecular weight excluding hydrogens is 238 g/mol. The first kappa shape index (κ1) is 11.9. The summed E-state index contributed by atoms with van der Waals surface area (Å²) in [5.74, 6) is 0. The number of quaternary nitrogens is 2. The van der Waals surface area contributed by atoms with E-state index in [1.165, 1.54) is 12.8 Å². The molecule has 1 saturated heterocycles. The third-order valence-corrected chi connectivity index (χ3v) is 4.82. The summed E-state index contributed by atoms with van der Waals surface area (Å²) in [7, 11) is 1.98. The van der Waals surface area contributed by atoms with Crippen LogP contribution in [0.15, 0.2) is 4.99 Å². The second-order valence-electron chi connectivity index (χ2n) is 5.10. The van der Waals surface area contributed by atoms with Gasteiger partial charge in [-0.25, -0.2) is 4.99 Å². The first-order chi connectivity index (χ1) is 8.26. The summed E-state index contributed by atoms with van der Waals surface area (Å²) in [6.07, 6.45) is 3.26. The van der Waals surface area contributed by atoms with E-state index in [1.807, 2.05) is 12.4 Å². The van der Waals surface area contributed by atoms with Crippen LogP contribution >= 0.6 is 11.8 Å². The standard InChI is InChI=1S/C11H19N3O2S/c1-12-11-14-9-8(15)4-7(16-10(9)17-11)5-13-6-2-3-6/h6-10,13,15H,2-5H2,1H3,(H,12,14)/p+2. The van der Waals surface area contributed by atoms with Crippen molar-refractivity contribution in [2.24, 2.45) is 4.99 Å². The molecule has 5 N–H and O–H groups in total. The number of nitrogens with zero attached hydrogens (tertiary/aromatic N) is 1. The predicted octanol–water partition coefficient (Wildman–Crippen LogP) is -2.15. The van der Waals surface area contributed by atoms with Gasteiger partial charge in [0, 0.05) is 19.3 Å². The second kappa shape index (κ2) is 4.85. The maximum atomic E-state index is 10.1. The molecule has 2 aliphatic heterocycles. The maximum absolute atomic E-state index is 10.1. The highest BCUT2D eigenvalue weighted by Crippen LogP contribution is 2.34. The third-order valence-electron chi connectivity index (χ3n) is 3.62. The van der Waals surface area contributed by atoms with Gasteiger partial charge in [-0.05, 0) is 11.8 Å². The summed E-state index contributed by atoms with van der Waals surface area (Å²) in [6, 6.07) is 0.767. The smallest absolute Gasteiger partial charge is 0.258 e. The summed E-state index contributed by atoms with van der Waals surface area (Å²) in [5.41, 5.74) is 0.0301. The summed E-state index contributed by atoms with van der Waals surface area (Å²) in [4.78, 5) is 4.49. The lowest BCUT2D eigenvalue weighted by Crippen LogP contribution is -2.88. The number of rotatable bonds is 3. The van der Waals surface area contributed by atoms with Crippen LogP contribution in [0, 0.1) is 0 Å². The van der Waals surface area contributed by atoms with E-state index in [0.717, 1.165) is 24.2 Å². The summed E-state index contributed by atoms with van der Waals surface area (Å²) < 4.78 is 6.03. The molecule has 3 aliphatic rings. The summed E-state index contributed by atoms with van der Waals surface area (Å²) in [5, 5.41) is 15.5. The van der Waals surface area contributed by atoms with Gasteiger partial charge in [0.25, 0.3) is 5.17 Å². The Hall–Kier alpha value is -0.140. The highest BCUT2D eigenvalue weighted by atomic mass is 32.2. The minimum atomic E-state index is -0.337. The molecule has 0 spiro atoms. The Labute approximate surface area is 105 Å². The molecule has 1 aliphatic carbocycles. The molecule has 4 atom stereocenters. The van der Waals surface area contributed by atoms with Crippen molar-refractivity contribution in [2.45, 2.75) is 49.0 Å². The van der Waals surface area contributed by atoms with Gasteiger partial charge in [-0.1, -0.05) is 0 Å². The fourth-order valence-electron chi connectivity index (χ4n) is 2.43. The van der Waals surface area contributed by atoms with Crippen LogP contribution in [0.2, 0.25) is 0 Å². The Morgan fingerprint density at radius 1 is 1.53 bits per heavy atom. The van der Waals surface area contributed by atoms with Gasteiger partial charge in [-0.2, -0.15) is 0 Å². The third kappa shape index (κ3) is 2.66. The van der Waals surface area contributed by atoms with Gasteiger partial charge in [0.2, 0.25) is 0 Å². The molecule has 3 rings (SSSR count). The number of amidine groups is 1. The summed E-state index contributed by atoms with van der Waals surface area (Å²) in [6.45, 7) is 0.983. The van der Waals surface area contributed by atoms with Crippen LogP contribution in [0.1, 0.15) is 19.3 Å². The molecule has 4 unspecified atom stereocenters. The molecule has 0 aromatic heterocycles. The monoisotopic (exact) mass is 259 g/mol. The molecule has 6 heteroatoms. The van der Waals surface area contributed by atoms with E-state index in [4.69, 9.17) is 4.74 Å². The molecule has 0 aromatic carbocycles. The van der Waals surface area contributed by atoms with Crippen LogP contribution in [0.5, 0.6) is 0 Å². The van der Waals surface area contributed by atoms with E-state index in [-0.39, 0.29) is 23.7 Å². The highest BCUT2D eigenvalue weighted by molar-refractivity contribution is 8.14. The van der Waals surface area contributed by atoms with Crippen LogP contribution in [-0.2, 0) is 4.74 Å². The minimum Gasteiger partial charge on any atom is -0.391 e. The zero-order valence-corrected chi connectivity index (χ0v) is 10.9. The largest absolute Gasteiger partial charge is 0.391 e. The lowest BCUT2D eigenvalue weighted by Gasteiger charge is -2.32. The predicted molar refractivity (Wildman–Crippen MR) is 65.8 cm³/mol. The number of fused-ring (bicyclic) bond motifs is 1. The number of thioether (sulfide) groups is 1. The van der Waals surface area contributed by atoms with E-state index in [2.05, 4.69) is 10.3 Å². The molecule has 17 heavy (non-hydrogen) atoms. The van der Waals surface area contributed by atoms with Crippen LogP contribution in [-0.4, -0.2) is 53.6 Å². The molecule has 2 fully saturated rings. The average molecular weight is 259 g/mol. The van der Waals surface area contributed by atoms with Gasteiger partial charge < -0.3 is 15.2 Å². The Bertz CT molecular complexity index is 322. The zero-order valence-electron chi connectivity index (χ0n) is 10.1. The van der Waals surface area contributed by atoms with Crippen molar-refractivity contribution in [3.8, 4) is 0 Å². The zero-order chi connectivity index (χ0) is 11.8. The fourth-order valence-corrected chi connectivity index (χ4v) is 3.58. The summed E-state index contributed by atoms with van der Waals surface area (Å²) >= 11 is 1.65. The number of aliphatic hydroxyl groups excluding tert-OH is 1. The first-order valence-electron chi connectivity index (χ1n) is 6.47. The highest BCUT2D eigenvalue weighted by Gasteiger charge is 2.44. The number of aliphatic imine (C=N–C) groups is 1. The number of ether oxygens (including phenoxy) is 1. The average Bonchev–Trinajstić information content (AvgIpc) is 3.05. The number of nitrogens with two attached hydrogens (primary N) is 2. The van der Waals surface area contributed by atoms with Gasteiger partial charge in [0.1, 0.15) is 24.1 Å². The molecule has 0 amide bonds. The van der Waals surface area contributed by atoms with Gasteiger partial charge in [-0.3, -0.25) is 5.32 Å². The van der Waals surface area contributed by atoms with Gasteiger partial charge in [0.15, 0.2) is 0 Å². The molecule has 5 nitrogen and oxygen atoms in total. The Kier molecular flexibility index (Phi) is 3.40. The van der Waals surface area contributed by atoms with Crippen LogP contribution < -0.4 is 10.6 Å². The normalized spacial score (nSPS) is 41.2. The van der Waals surface area contributed by atoms with Gasteiger partial charge >= 0.3 is 0 Å². The molecule has 0 bridgehead atoms. The quantitative estimate of drug-likeness (QED) is 0.541. The van der Waals surface area contributed by atoms with Crippen molar-refractivity contribution in [2.75, 3.05) is 13.6 Å². The molecule has 2 heterocycles. The van der Waals surface area contributed by atoms with Crippen molar-refractivity contribution in [3.63, 3.8) is 0 Å². The van der Waals surface area contributed by atoms with Gasteiger partial charge in [-0.15, -0.1) is 0 Å². The molecular formula is C11H21N3O2S+2. The minimum absolute atomic E-state index is 0.0301. The van der Waals surface area contributed by atoms with Crippen molar-refractivity contribution in [1.29, 1.82) is 0 Å². The topological polar surface area (TPSA) is 75.0 Å². The second-order valence-corrected chi connectivity index (χ2v) is 6.22. The van der Waals surface area contributed by atoms with Crippen molar-refractivity contribution < 1.29 is 20.5 Å². The SMILES string of the molecule is C[NH2+]C1=NC2C(O)CC(C[NH2+]C3CC3)OC2S1. The number of aliphatic hydroxyl groups is 1. The van der Waals surface area contributed by atoms with Crippen molar-refractivity contribution >= 4 is 16.9 Å². The van der Waals surface area contributed by atoms with Crippen LogP contribution in [0.3, 0.4) is 0 Å². The number of hydrogen-bond donors (Lipinski definition) is 3. The molecule has 1 saturated carbocycles. The van der Waals surface area contributed by atoms with E-state index < -0.39 is 0 Å². The van der Waals surface area contributed by atoms with E-state index in [9.17, 15) is 5.11 Å². The van der Waals surface area contributed by atoms with Crippen LogP contribution in [0.25, 0.3) is 0 Å². The van der Waals surface area contributed by atoms with Crippen LogP contribution in [0.4, 0.5) is 0 Å². The van der Waals surface area contributed by atoms with Crippen molar-refractivity contribution in [3.05, 3.63) is 0 Å². The lowest BCUT2D eigenvalue weighted by atomic mass is 10.0. The Morgan fingerprint density at radius 3 is 3.06 bits per heavy atom. The van der Waals surface area contributed by atoms with Gasteiger partial charge in [0.05, 0.1) is 19.2 Å². The maximum Gasteiger partial charge on any atom is 0.258 e. The van der Waals surface area contributed by atoms with E-state index in [1.54, 1.807) is 11.8 Å². The van der Waals surface area contributed by atoms with E-state index >= 15 is 0 Å². The van der Waals surface area contributed by atoms with E-state index in [0.29, 0.717) is 0 Å². The Balaban J connectivity index is 1.55. The molecule has 0 aromatic rings. The number of hydrogen-bond acceptors (Lipinski definition) is 4. The van der Waals surface area contributed by atoms with Crippen molar-refractivity contribution in [1.82, 2.24) is 0 Å². The first-order valence-corrected chi connectivity index (χ1v) is 7.35. The molecule has 96 valence electrons. The Morgan fingerprint density at radius 2 is 2.35 bits per heavy atom.